The maximum atomic E-state index is 13.2. The molecular weight excluding hydrogens is 249 g/mol. The van der Waals surface area contributed by atoms with Crippen molar-refractivity contribution in [2.24, 2.45) is 0 Å². The molecule has 1 aliphatic heterocycles. The largest absolute Gasteiger partial charge is 0.430 e. The van der Waals surface area contributed by atoms with Gasteiger partial charge in [0.1, 0.15) is 5.82 Å². The molecule has 17 heavy (non-hydrogen) atoms. The fourth-order valence-electron chi connectivity index (χ4n) is 1.61. The van der Waals surface area contributed by atoms with E-state index in [-0.39, 0.29) is 6.07 Å². The van der Waals surface area contributed by atoms with Gasteiger partial charge in [-0.15, -0.1) is 5.12 Å². The van der Waals surface area contributed by atoms with Gasteiger partial charge >= 0.3 is 12.1 Å². The van der Waals surface area contributed by atoms with E-state index in [0.717, 1.165) is 0 Å². The van der Waals surface area contributed by atoms with E-state index in [1.54, 1.807) is 0 Å². The first kappa shape index (κ1) is 11.8. The lowest BCUT2D eigenvalue weighted by Gasteiger charge is -2.23. The summed E-state index contributed by atoms with van der Waals surface area (Å²) in [4.78, 5) is 11.1. The monoisotopic (exact) mass is 253 g/mol. The molecule has 0 radical (unpaired) electrons. The summed E-state index contributed by atoms with van der Waals surface area (Å²) in [5.74, 6) is -3.32. The van der Waals surface area contributed by atoms with E-state index in [1.165, 1.54) is 0 Å². The third-order valence-electron chi connectivity index (χ3n) is 2.46. The smallest absolute Gasteiger partial charge is 0.368 e. The molecule has 1 N–H and O–H groups in total. The molecule has 1 aromatic carbocycles. The zero-order chi connectivity index (χ0) is 13.0. The molecule has 3 nitrogen and oxygen atoms in total. The summed E-state index contributed by atoms with van der Waals surface area (Å²) in [5.41, 5.74) is -6.02. The molecule has 8 heteroatoms. The van der Waals surface area contributed by atoms with Crippen LogP contribution in [0.1, 0.15) is 5.56 Å². The zero-order valence-corrected chi connectivity index (χ0v) is 7.92. The number of hydrogen-bond donors (Lipinski definition) is 1. The molecule has 0 spiro atoms. The first-order chi connectivity index (χ1) is 7.69. The molecule has 1 amide bonds. The van der Waals surface area contributed by atoms with E-state index in [1.807, 2.05) is 0 Å². The highest BCUT2D eigenvalue weighted by molar-refractivity contribution is 6.05. The fraction of sp³-hybridized carbons (Fsp3) is 0.222. The highest BCUT2D eigenvalue weighted by atomic mass is 19.4. The second kappa shape index (κ2) is 3.16. The van der Waals surface area contributed by atoms with Crippen molar-refractivity contribution >= 4 is 11.6 Å². The Balaban J connectivity index is 2.74. The van der Waals surface area contributed by atoms with Crippen LogP contribution in [-0.4, -0.2) is 17.2 Å². The highest BCUT2D eigenvalue weighted by Gasteiger charge is 2.67. The van der Waals surface area contributed by atoms with Crippen LogP contribution in [0.3, 0.4) is 0 Å². The lowest BCUT2D eigenvalue weighted by atomic mass is 9.95. The van der Waals surface area contributed by atoms with Crippen molar-refractivity contribution in [2.45, 2.75) is 11.8 Å². The lowest BCUT2D eigenvalue weighted by Crippen LogP contribution is -2.49. The number of anilines is 1. The standard InChI is InChI=1S/C9H4F5NO2/c10-4-1-2-6-5(3-4)8(17,9(11,12)13)7(16)15(6)14/h1-3,17H. The van der Waals surface area contributed by atoms with Crippen molar-refractivity contribution in [2.75, 3.05) is 5.12 Å². The number of nitrogens with zero attached hydrogens (tertiary/aromatic N) is 1. The topological polar surface area (TPSA) is 40.5 Å². The van der Waals surface area contributed by atoms with E-state index < -0.39 is 39.9 Å². The van der Waals surface area contributed by atoms with E-state index in [4.69, 9.17) is 0 Å². The molecule has 1 unspecified atom stereocenters. The molecule has 0 fully saturated rings. The Morgan fingerprint density at radius 2 is 1.88 bits per heavy atom. The third kappa shape index (κ3) is 1.33. The maximum Gasteiger partial charge on any atom is 0.430 e. The number of rotatable bonds is 0. The number of carbonyl (C=O) groups excluding carboxylic acids is 1. The summed E-state index contributed by atoms with van der Waals surface area (Å²) < 4.78 is 63.8. The summed E-state index contributed by atoms with van der Waals surface area (Å²) >= 11 is 0. The van der Waals surface area contributed by atoms with E-state index >= 15 is 0 Å². The average molecular weight is 253 g/mol. The molecule has 1 aromatic rings. The van der Waals surface area contributed by atoms with Crippen LogP contribution in [0.25, 0.3) is 0 Å². The summed E-state index contributed by atoms with van der Waals surface area (Å²) in [5, 5.41) is 8.48. The van der Waals surface area contributed by atoms with E-state index in [2.05, 4.69) is 0 Å². The number of amides is 1. The highest BCUT2D eigenvalue weighted by Crippen LogP contribution is 2.49. The molecule has 0 aromatic heterocycles. The van der Waals surface area contributed by atoms with Crippen molar-refractivity contribution in [1.29, 1.82) is 0 Å². The number of alkyl halides is 3. The number of carbonyl (C=O) groups is 1. The predicted molar refractivity (Wildman–Crippen MR) is 44.9 cm³/mol. The van der Waals surface area contributed by atoms with Crippen molar-refractivity contribution < 1.29 is 31.9 Å². The Kier molecular flexibility index (Phi) is 2.19. The lowest BCUT2D eigenvalue weighted by molar-refractivity contribution is -0.254. The van der Waals surface area contributed by atoms with Crippen molar-refractivity contribution in [3.8, 4) is 0 Å². The normalized spacial score (nSPS) is 24.1. The van der Waals surface area contributed by atoms with Crippen LogP contribution in [0.5, 0.6) is 0 Å². The third-order valence-corrected chi connectivity index (χ3v) is 2.46. The van der Waals surface area contributed by atoms with Gasteiger partial charge in [-0.05, 0) is 18.2 Å². The van der Waals surface area contributed by atoms with Crippen LogP contribution in [0.4, 0.5) is 27.7 Å². The Morgan fingerprint density at radius 1 is 1.29 bits per heavy atom. The van der Waals surface area contributed by atoms with Crippen LogP contribution >= 0.6 is 0 Å². The molecule has 1 aliphatic rings. The molecule has 0 saturated carbocycles. The number of hydrogen-bond acceptors (Lipinski definition) is 2. The average Bonchev–Trinajstić information content (AvgIpc) is 2.41. The van der Waals surface area contributed by atoms with Gasteiger partial charge in [-0.25, -0.2) is 4.39 Å². The zero-order valence-electron chi connectivity index (χ0n) is 7.92. The number of halogens is 5. The number of benzene rings is 1. The molecule has 92 valence electrons. The molecule has 2 rings (SSSR count). The first-order valence-corrected chi connectivity index (χ1v) is 4.29. The second-order valence-corrected chi connectivity index (χ2v) is 3.46. The van der Waals surface area contributed by atoms with Gasteiger partial charge in [0.2, 0.25) is 0 Å². The van der Waals surface area contributed by atoms with Crippen LogP contribution in [0, 0.1) is 5.82 Å². The van der Waals surface area contributed by atoms with Gasteiger partial charge in [0.05, 0.1) is 5.69 Å². The van der Waals surface area contributed by atoms with Gasteiger partial charge in [-0.3, -0.25) is 4.79 Å². The minimum atomic E-state index is -5.44. The number of fused-ring (bicyclic) bond motifs is 1. The first-order valence-electron chi connectivity index (χ1n) is 4.29. The minimum Gasteiger partial charge on any atom is -0.368 e. The summed E-state index contributed by atoms with van der Waals surface area (Å²) in [6.45, 7) is 0. The van der Waals surface area contributed by atoms with E-state index in [0.29, 0.717) is 12.1 Å². The molecule has 0 aliphatic carbocycles. The minimum absolute atomic E-state index is 0.278. The van der Waals surface area contributed by atoms with Crippen molar-refractivity contribution in [3.63, 3.8) is 0 Å². The van der Waals surface area contributed by atoms with Crippen LogP contribution in [0.2, 0.25) is 0 Å². The Hall–Kier alpha value is -1.70. The van der Waals surface area contributed by atoms with Gasteiger partial charge in [0, 0.05) is 5.56 Å². The SMILES string of the molecule is O=C1N(F)c2ccc(F)cc2C1(O)C(F)(F)F. The van der Waals surface area contributed by atoms with Crippen molar-refractivity contribution in [3.05, 3.63) is 29.6 Å². The van der Waals surface area contributed by atoms with Gasteiger partial charge in [0.25, 0.3) is 5.60 Å². The predicted octanol–water partition coefficient (Wildman–Crippen LogP) is 1.81. The van der Waals surface area contributed by atoms with Crippen molar-refractivity contribution in [1.82, 2.24) is 0 Å². The Morgan fingerprint density at radius 3 is 2.41 bits per heavy atom. The van der Waals surface area contributed by atoms with Gasteiger partial charge < -0.3 is 5.11 Å². The van der Waals surface area contributed by atoms with Gasteiger partial charge in [0.15, 0.2) is 0 Å². The number of aliphatic hydroxyl groups is 1. The summed E-state index contributed by atoms with van der Waals surface area (Å²) in [6, 6.07) is 1.60. The molecule has 0 saturated heterocycles. The van der Waals surface area contributed by atoms with E-state index in [9.17, 15) is 31.9 Å². The van der Waals surface area contributed by atoms with Gasteiger partial charge in [-0.1, -0.05) is 4.48 Å². The van der Waals surface area contributed by atoms with Crippen LogP contribution in [-0.2, 0) is 10.4 Å². The van der Waals surface area contributed by atoms with Gasteiger partial charge in [-0.2, -0.15) is 13.2 Å². The fourth-order valence-corrected chi connectivity index (χ4v) is 1.61. The Labute approximate surface area is 91.0 Å². The second-order valence-electron chi connectivity index (χ2n) is 3.46. The van der Waals surface area contributed by atoms with Crippen LogP contribution in [0.15, 0.2) is 18.2 Å². The molecule has 0 bridgehead atoms. The Bertz CT molecular complexity index is 501. The summed E-state index contributed by atoms with van der Waals surface area (Å²) in [6.07, 6.45) is -5.44. The molecule has 1 heterocycles. The quantitative estimate of drug-likeness (QED) is 0.565. The molecule has 1 atom stereocenters. The maximum absolute atomic E-state index is 13.2. The summed E-state index contributed by atoms with van der Waals surface area (Å²) in [7, 11) is 0. The van der Waals surface area contributed by atoms with Crippen LogP contribution < -0.4 is 5.12 Å². The molecular formula is C9H4F5NO2.